The number of hydrogen-bond donors (Lipinski definition) is 2. The van der Waals surface area contributed by atoms with Crippen molar-refractivity contribution < 1.29 is 14.3 Å². The number of aryl methyl sites for hydroxylation is 1. The van der Waals surface area contributed by atoms with Gasteiger partial charge in [-0.2, -0.15) is 5.26 Å². The van der Waals surface area contributed by atoms with E-state index in [2.05, 4.69) is 10.6 Å². The van der Waals surface area contributed by atoms with Gasteiger partial charge < -0.3 is 15.4 Å². The minimum Gasteiger partial charge on any atom is -0.483 e. The first-order valence-corrected chi connectivity index (χ1v) is 10.4. The van der Waals surface area contributed by atoms with Crippen LogP contribution < -0.4 is 15.4 Å². The molecular weight excluding hydrogens is 414 g/mol. The van der Waals surface area contributed by atoms with Gasteiger partial charge in [0.2, 0.25) is 0 Å². The van der Waals surface area contributed by atoms with Gasteiger partial charge in [-0.1, -0.05) is 48.5 Å². The van der Waals surface area contributed by atoms with Crippen molar-refractivity contribution in [2.75, 3.05) is 17.2 Å². The summed E-state index contributed by atoms with van der Waals surface area (Å²) in [7, 11) is 0. The van der Waals surface area contributed by atoms with Crippen molar-refractivity contribution in [2.45, 2.75) is 6.92 Å². The van der Waals surface area contributed by atoms with Gasteiger partial charge in [0.1, 0.15) is 5.75 Å². The smallest absolute Gasteiger partial charge is 0.262 e. The zero-order chi connectivity index (χ0) is 23.2. The van der Waals surface area contributed by atoms with Gasteiger partial charge in [-0.15, -0.1) is 0 Å². The molecule has 4 rings (SSSR count). The Morgan fingerprint density at radius 2 is 1.61 bits per heavy atom. The van der Waals surface area contributed by atoms with Crippen LogP contribution in [-0.2, 0) is 4.79 Å². The van der Waals surface area contributed by atoms with Crippen LogP contribution in [0.25, 0.3) is 10.8 Å². The van der Waals surface area contributed by atoms with Gasteiger partial charge in [-0.25, -0.2) is 0 Å². The molecule has 0 saturated carbocycles. The molecule has 2 N–H and O–H groups in total. The molecule has 33 heavy (non-hydrogen) atoms. The van der Waals surface area contributed by atoms with E-state index < -0.39 is 5.91 Å². The quantitative estimate of drug-likeness (QED) is 0.430. The van der Waals surface area contributed by atoms with Crippen LogP contribution in [0.1, 0.15) is 21.5 Å². The van der Waals surface area contributed by atoms with Gasteiger partial charge in [0.25, 0.3) is 11.8 Å². The maximum Gasteiger partial charge on any atom is 0.262 e. The van der Waals surface area contributed by atoms with E-state index in [1.807, 2.05) is 61.5 Å². The van der Waals surface area contributed by atoms with E-state index >= 15 is 0 Å². The molecular formula is C27H21N3O3. The van der Waals surface area contributed by atoms with E-state index in [4.69, 9.17) is 10.00 Å². The number of rotatable bonds is 6. The normalized spacial score (nSPS) is 10.3. The second kappa shape index (κ2) is 9.67. The van der Waals surface area contributed by atoms with Crippen LogP contribution in [0.5, 0.6) is 5.75 Å². The fourth-order valence-corrected chi connectivity index (χ4v) is 3.43. The van der Waals surface area contributed by atoms with Gasteiger partial charge in [0, 0.05) is 11.4 Å². The highest BCUT2D eigenvalue weighted by atomic mass is 16.5. The van der Waals surface area contributed by atoms with Crippen molar-refractivity contribution in [3.63, 3.8) is 0 Å². The Balaban J connectivity index is 1.56. The van der Waals surface area contributed by atoms with Crippen LogP contribution >= 0.6 is 0 Å². The molecule has 0 atom stereocenters. The van der Waals surface area contributed by atoms with Gasteiger partial charge >= 0.3 is 0 Å². The van der Waals surface area contributed by atoms with Crippen LogP contribution in [0, 0.1) is 18.3 Å². The molecule has 0 heterocycles. The van der Waals surface area contributed by atoms with Crippen molar-refractivity contribution in [1.29, 1.82) is 5.26 Å². The van der Waals surface area contributed by atoms with E-state index in [0.717, 1.165) is 16.3 Å². The average molecular weight is 435 g/mol. The minimum atomic E-state index is -0.400. The summed E-state index contributed by atoms with van der Waals surface area (Å²) in [6.45, 7) is 1.62. The van der Waals surface area contributed by atoms with E-state index in [1.165, 1.54) is 0 Å². The number of nitriles is 1. The second-order valence-electron chi connectivity index (χ2n) is 7.49. The summed E-state index contributed by atoms with van der Waals surface area (Å²) < 4.78 is 5.79. The number of fused-ring (bicyclic) bond motifs is 1. The molecule has 0 aliphatic carbocycles. The van der Waals surface area contributed by atoms with E-state index in [0.29, 0.717) is 28.3 Å². The Morgan fingerprint density at radius 3 is 2.36 bits per heavy atom. The Labute approximate surface area is 191 Å². The van der Waals surface area contributed by atoms with E-state index in [1.54, 1.807) is 36.4 Å². The number of hydrogen-bond acceptors (Lipinski definition) is 4. The summed E-state index contributed by atoms with van der Waals surface area (Å²) in [5.41, 5.74) is 2.91. The summed E-state index contributed by atoms with van der Waals surface area (Å²) in [5.74, 6) is -0.420. The predicted octanol–water partition coefficient (Wildman–Crippen LogP) is 5.29. The molecule has 0 fully saturated rings. The van der Waals surface area contributed by atoms with Crippen molar-refractivity contribution in [2.24, 2.45) is 0 Å². The van der Waals surface area contributed by atoms with Gasteiger partial charge in [-0.3, -0.25) is 9.59 Å². The molecule has 0 saturated heterocycles. The first kappa shape index (κ1) is 21.6. The molecule has 0 unspecified atom stereocenters. The average Bonchev–Trinajstić information content (AvgIpc) is 2.83. The molecule has 0 aromatic heterocycles. The number of benzene rings is 4. The molecule has 0 aliphatic rings. The fraction of sp³-hybridized carbons (Fsp3) is 0.0741. The third kappa shape index (κ3) is 5.17. The first-order chi connectivity index (χ1) is 16.0. The molecule has 162 valence electrons. The molecule has 0 aliphatic heterocycles. The molecule has 2 amide bonds. The van der Waals surface area contributed by atoms with Crippen molar-refractivity contribution in [1.82, 2.24) is 0 Å². The van der Waals surface area contributed by atoms with Gasteiger partial charge in [0.15, 0.2) is 6.61 Å². The van der Waals surface area contributed by atoms with Crippen LogP contribution in [0.4, 0.5) is 11.4 Å². The maximum atomic E-state index is 13.1. The standard InChI is InChI=1S/C27H21N3O3/c1-18-7-2-5-12-24(18)30-27(32)23-14-20-9-3-4-10-21(20)15-25(23)33-17-26(31)29-22-11-6-8-19(13-22)16-28/h2-15H,17H2,1H3,(H,29,31)(H,30,32). The second-order valence-corrected chi connectivity index (χ2v) is 7.49. The number of para-hydroxylation sites is 1. The molecule has 4 aromatic rings. The van der Waals surface area contributed by atoms with Crippen LogP contribution in [0.3, 0.4) is 0 Å². The summed E-state index contributed by atoms with van der Waals surface area (Å²) in [6.07, 6.45) is 0. The van der Waals surface area contributed by atoms with Crippen molar-refractivity contribution in [3.05, 3.63) is 102 Å². The lowest BCUT2D eigenvalue weighted by molar-refractivity contribution is -0.118. The monoisotopic (exact) mass is 435 g/mol. The highest BCUT2D eigenvalue weighted by Crippen LogP contribution is 2.27. The van der Waals surface area contributed by atoms with Crippen molar-refractivity contribution in [3.8, 4) is 11.8 Å². The lowest BCUT2D eigenvalue weighted by atomic mass is 10.0. The number of nitrogens with zero attached hydrogens (tertiary/aromatic N) is 1. The topological polar surface area (TPSA) is 91.2 Å². The summed E-state index contributed by atoms with van der Waals surface area (Å²) in [6, 6.07) is 27.3. The minimum absolute atomic E-state index is 0.292. The Morgan fingerprint density at radius 1 is 0.879 bits per heavy atom. The number of amides is 2. The fourth-order valence-electron chi connectivity index (χ4n) is 3.43. The summed E-state index contributed by atoms with van der Waals surface area (Å²) in [5, 5.41) is 16.4. The lowest BCUT2D eigenvalue weighted by Gasteiger charge is -2.14. The number of anilines is 2. The molecule has 0 radical (unpaired) electrons. The zero-order valence-electron chi connectivity index (χ0n) is 18.0. The third-order valence-corrected chi connectivity index (χ3v) is 5.12. The first-order valence-electron chi connectivity index (χ1n) is 10.4. The van der Waals surface area contributed by atoms with Crippen molar-refractivity contribution >= 4 is 34.0 Å². The van der Waals surface area contributed by atoms with E-state index in [9.17, 15) is 9.59 Å². The van der Waals surface area contributed by atoms with Gasteiger partial charge in [0.05, 0.1) is 17.2 Å². The maximum absolute atomic E-state index is 13.1. The highest BCUT2D eigenvalue weighted by molar-refractivity contribution is 6.09. The predicted molar refractivity (Wildman–Crippen MR) is 128 cm³/mol. The van der Waals surface area contributed by atoms with Crippen LogP contribution in [-0.4, -0.2) is 18.4 Å². The Kier molecular flexibility index (Phi) is 6.33. The van der Waals surface area contributed by atoms with E-state index in [-0.39, 0.29) is 12.5 Å². The third-order valence-electron chi connectivity index (χ3n) is 5.12. The molecule has 4 aromatic carbocycles. The van der Waals surface area contributed by atoms with Gasteiger partial charge in [-0.05, 0) is 59.7 Å². The number of carbonyl (C=O) groups excluding carboxylic acids is 2. The zero-order valence-corrected chi connectivity index (χ0v) is 18.0. The van der Waals surface area contributed by atoms with Crippen LogP contribution in [0.15, 0.2) is 84.9 Å². The summed E-state index contributed by atoms with van der Waals surface area (Å²) in [4.78, 5) is 25.6. The largest absolute Gasteiger partial charge is 0.483 e. The number of ether oxygens (including phenoxy) is 1. The molecule has 0 bridgehead atoms. The molecule has 6 nitrogen and oxygen atoms in total. The Bertz CT molecular complexity index is 1390. The number of carbonyl (C=O) groups is 2. The van der Waals surface area contributed by atoms with Crippen LogP contribution in [0.2, 0.25) is 0 Å². The summed E-state index contributed by atoms with van der Waals surface area (Å²) >= 11 is 0. The Hall–Kier alpha value is -4.63. The SMILES string of the molecule is Cc1ccccc1NC(=O)c1cc2ccccc2cc1OCC(=O)Nc1cccc(C#N)c1. The lowest BCUT2D eigenvalue weighted by Crippen LogP contribution is -2.21. The molecule has 6 heteroatoms. The highest BCUT2D eigenvalue weighted by Gasteiger charge is 2.16. The molecule has 0 spiro atoms. The number of nitrogens with one attached hydrogen (secondary N) is 2.